The van der Waals surface area contributed by atoms with Crippen molar-refractivity contribution in [1.82, 2.24) is 14.7 Å². The zero-order valence-electron chi connectivity index (χ0n) is 12.2. The van der Waals surface area contributed by atoms with Crippen LogP contribution in [0.25, 0.3) is 0 Å². The number of likely N-dealkylation sites (N-methyl/N-ethyl adjacent to an activating group) is 1. The molecule has 0 aliphatic heterocycles. The highest BCUT2D eigenvalue weighted by atomic mass is 79.9. The van der Waals surface area contributed by atoms with Gasteiger partial charge in [-0.1, -0.05) is 39.7 Å². The van der Waals surface area contributed by atoms with Gasteiger partial charge in [-0.3, -0.25) is 9.48 Å². The zero-order chi connectivity index (χ0) is 15.6. The summed E-state index contributed by atoms with van der Waals surface area (Å²) >= 11 is 9.62. The topological polar surface area (TPSA) is 38.1 Å². The lowest BCUT2D eigenvalue weighted by atomic mass is 10.0. The minimum Gasteiger partial charge on any atom is -0.308 e. The maximum atomic E-state index is 12.8. The van der Waals surface area contributed by atoms with Crippen LogP contribution < -0.4 is 0 Å². The van der Waals surface area contributed by atoms with E-state index < -0.39 is 0 Å². The SMILES string of the molecule is Cc1c(Br)cccc1C(=O)c1c(Cl)cnn1CCN(C)C. The molecule has 0 aliphatic carbocycles. The number of ketones is 1. The lowest BCUT2D eigenvalue weighted by molar-refractivity contribution is 0.102. The Labute approximate surface area is 137 Å². The Bertz CT molecular complexity index is 667. The van der Waals surface area contributed by atoms with Gasteiger partial charge in [-0.2, -0.15) is 5.10 Å². The van der Waals surface area contributed by atoms with Crippen molar-refractivity contribution in [2.75, 3.05) is 20.6 Å². The van der Waals surface area contributed by atoms with Gasteiger partial charge in [0.05, 0.1) is 17.8 Å². The van der Waals surface area contributed by atoms with Crippen LogP contribution in [0.1, 0.15) is 21.6 Å². The van der Waals surface area contributed by atoms with E-state index in [1.54, 1.807) is 4.68 Å². The van der Waals surface area contributed by atoms with E-state index in [1.165, 1.54) is 6.20 Å². The normalized spacial score (nSPS) is 11.1. The first kappa shape index (κ1) is 16.2. The van der Waals surface area contributed by atoms with Crippen LogP contribution in [0.4, 0.5) is 0 Å². The number of aromatic nitrogens is 2. The summed E-state index contributed by atoms with van der Waals surface area (Å²) in [5.41, 5.74) is 1.98. The van der Waals surface area contributed by atoms with E-state index in [0.717, 1.165) is 16.6 Å². The molecular weight excluding hydrogens is 354 g/mol. The molecule has 1 aromatic heterocycles. The Morgan fingerprint density at radius 2 is 2.14 bits per heavy atom. The van der Waals surface area contributed by atoms with Gasteiger partial charge in [0.2, 0.25) is 5.78 Å². The molecule has 0 saturated heterocycles. The Morgan fingerprint density at radius 1 is 1.43 bits per heavy atom. The first-order valence-electron chi connectivity index (χ1n) is 6.57. The van der Waals surface area contributed by atoms with Crippen LogP contribution in [0, 0.1) is 6.92 Å². The van der Waals surface area contributed by atoms with E-state index in [9.17, 15) is 4.79 Å². The second kappa shape index (κ2) is 6.73. The van der Waals surface area contributed by atoms with E-state index >= 15 is 0 Å². The molecule has 1 heterocycles. The minimum atomic E-state index is -0.102. The van der Waals surface area contributed by atoms with Crippen molar-refractivity contribution in [3.05, 3.63) is 50.7 Å². The molecule has 2 rings (SSSR count). The van der Waals surface area contributed by atoms with Crippen molar-refractivity contribution in [1.29, 1.82) is 0 Å². The number of halogens is 2. The summed E-state index contributed by atoms with van der Waals surface area (Å²) < 4.78 is 2.58. The van der Waals surface area contributed by atoms with Gasteiger partial charge in [-0.05, 0) is 32.6 Å². The summed E-state index contributed by atoms with van der Waals surface area (Å²) in [7, 11) is 3.95. The van der Waals surface area contributed by atoms with Gasteiger partial charge in [-0.15, -0.1) is 0 Å². The molecule has 21 heavy (non-hydrogen) atoms. The average Bonchev–Trinajstić information content (AvgIpc) is 2.80. The molecule has 0 aliphatic rings. The fourth-order valence-electron chi connectivity index (χ4n) is 2.03. The molecule has 0 atom stereocenters. The maximum absolute atomic E-state index is 12.8. The van der Waals surface area contributed by atoms with Crippen LogP contribution >= 0.6 is 27.5 Å². The van der Waals surface area contributed by atoms with Crippen LogP contribution in [0.5, 0.6) is 0 Å². The number of hydrogen-bond donors (Lipinski definition) is 0. The van der Waals surface area contributed by atoms with Crippen molar-refractivity contribution in [2.45, 2.75) is 13.5 Å². The third kappa shape index (κ3) is 3.54. The molecule has 0 bridgehead atoms. The molecule has 0 fully saturated rings. The summed E-state index contributed by atoms with van der Waals surface area (Å²) in [6, 6.07) is 5.57. The smallest absolute Gasteiger partial charge is 0.212 e. The van der Waals surface area contributed by atoms with E-state index in [-0.39, 0.29) is 5.78 Å². The molecule has 0 spiro atoms. The largest absolute Gasteiger partial charge is 0.308 e. The van der Waals surface area contributed by atoms with Gasteiger partial charge in [-0.25, -0.2) is 0 Å². The number of nitrogens with zero attached hydrogens (tertiary/aromatic N) is 3. The summed E-state index contributed by atoms with van der Waals surface area (Å²) in [6.07, 6.45) is 1.53. The Kier molecular flexibility index (Phi) is 5.19. The highest BCUT2D eigenvalue weighted by Gasteiger charge is 2.21. The molecule has 0 amide bonds. The third-order valence-corrected chi connectivity index (χ3v) is 4.42. The summed E-state index contributed by atoms with van der Waals surface area (Å²) in [6.45, 7) is 3.31. The predicted molar refractivity (Wildman–Crippen MR) is 88.1 cm³/mol. The number of hydrogen-bond acceptors (Lipinski definition) is 3. The summed E-state index contributed by atoms with van der Waals surface area (Å²) in [4.78, 5) is 14.8. The second-order valence-electron chi connectivity index (χ2n) is 5.11. The van der Waals surface area contributed by atoms with Crippen molar-refractivity contribution in [3.8, 4) is 0 Å². The molecule has 0 unspecified atom stereocenters. The van der Waals surface area contributed by atoms with E-state index in [2.05, 4.69) is 21.0 Å². The van der Waals surface area contributed by atoms with Crippen LogP contribution in [0.2, 0.25) is 5.02 Å². The molecule has 2 aromatic rings. The van der Waals surface area contributed by atoms with Crippen LogP contribution in [0.3, 0.4) is 0 Å². The maximum Gasteiger partial charge on any atom is 0.212 e. The molecule has 0 N–H and O–H groups in total. The third-order valence-electron chi connectivity index (χ3n) is 3.28. The summed E-state index contributed by atoms with van der Waals surface area (Å²) in [5, 5.41) is 4.60. The zero-order valence-corrected chi connectivity index (χ0v) is 14.6. The van der Waals surface area contributed by atoms with E-state index in [0.29, 0.717) is 22.8 Å². The molecule has 0 saturated carbocycles. The van der Waals surface area contributed by atoms with Crippen LogP contribution in [-0.4, -0.2) is 41.1 Å². The van der Waals surface area contributed by atoms with E-state index in [4.69, 9.17) is 11.6 Å². The fraction of sp³-hybridized carbons (Fsp3) is 0.333. The monoisotopic (exact) mass is 369 g/mol. The standard InChI is InChI=1S/C15H17BrClN3O/c1-10-11(5-4-6-12(10)16)15(21)14-13(17)9-18-20(14)8-7-19(2)3/h4-6,9H,7-8H2,1-3H3. The molecular formula is C15H17BrClN3O. The number of rotatable bonds is 5. The predicted octanol–water partition coefficient (Wildman–Crippen LogP) is 3.40. The Balaban J connectivity index is 2.39. The lowest BCUT2D eigenvalue weighted by Crippen LogP contribution is -2.22. The fourth-order valence-corrected chi connectivity index (χ4v) is 2.63. The molecule has 1 aromatic carbocycles. The van der Waals surface area contributed by atoms with Gasteiger partial charge >= 0.3 is 0 Å². The molecule has 112 valence electrons. The highest BCUT2D eigenvalue weighted by Crippen LogP contribution is 2.25. The number of carbonyl (C=O) groups is 1. The molecule has 6 heteroatoms. The van der Waals surface area contributed by atoms with Gasteiger partial charge < -0.3 is 4.90 Å². The number of benzene rings is 1. The van der Waals surface area contributed by atoms with Gasteiger partial charge in [0, 0.05) is 16.6 Å². The van der Waals surface area contributed by atoms with Gasteiger partial charge in [0.15, 0.2) is 0 Å². The van der Waals surface area contributed by atoms with Crippen molar-refractivity contribution in [3.63, 3.8) is 0 Å². The van der Waals surface area contributed by atoms with Gasteiger partial charge in [0.1, 0.15) is 5.69 Å². The van der Waals surface area contributed by atoms with Crippen molar-refractivity contribution < 1.29 is 4.79 Å². The Hall–Kier alpha value is -1.17. The average molecular weight is 371 g/mol. The first-order chi connectivity index (χ1) is 9.91. The molecule has 0 radical (unpaired) electrons. The minimum absolute atomic E-state index is 0.102. The van der Waals surface area contributed by atoms with Crippen molar-refractivity contribution >= 4 is 33.3 Å². The lowest BCUT2D eigenvalue weighted by Gasteiger charge is -2.12. The van der Waals surface area contributed by atoms with Crippen LogP contribution in [-0.2, 0) is 6.54 Å². The first-order valence-corrected chi connectivity index (χ1v) is 7.74. The van der Waals surface area contributed by atoms with Crippen molar-refractivity contribution in [2.24, 2.45) is 0 Å². The van der Waals surface area contributed by atoms with Crippen LogP contribution in [0.15, 0.2) is 28.9 Å². The number of carbonyl (C=O) groups excluding carboxylic acids is 1. The quantitative estimate of drug-likeness (QED) is 0.757. The Morgan fingerprint density at radius 3 is 2.81 bits per heavy atom. The second-order valence-corrected chi connectivity index (χ2v) is 6.37. The molecule has 4 nitrogen and oxygen atoms in total. The summed E-state index contributed by atoms with van der Waals surface area (Å²) in [5.74, 6) is -0.102. The van der Waals surface area contributed by atoms with Gasteiger partial charge in [0.25, 0.3) is 0 Å². The van der Waals surface area contributed by atoms with E-state index in [1.807, 2.05) is 44.1 Å². The highest BCUT2D eigenvalue weighted by molar-refractivity contribution is 9.10.